The monoisotopic (exact) mass is 494 g/mol. The summed E-state index contributed by atoms with van der Waals surface area (Å²) in [7, 11) is 0. The van der Waals surface area contributed by atoms with Crippen molar-refractivity contribution in [3.8, 4) is 0 Å². The van der Waals surface area contributed by atoms with Crippen LogP contribution in [-0.4, -0.2) is 28.8 Å². The molecule has 0 radical (unpaired) electrons. The number of hydrogen-bond donors (Lipinski definition) is 1. The average molecular weight is 496 g/mol. The molecule has 2 amide bonds. The van der Waals surface area contributed by atoms with Crippen LogP contribution in [0.5, 0.6) is 0 Å². The molecule has 4 nitrogen and oxygen atoms in total. The number of carbonyl (C=O) groups is 2. The first-order valence-electron chi connectivity index (χ1n) is 11.2. The standard InChI is InChI=1S/C25H29Cl3N2O2/c1-2-23(25(32)29-18-10-4-3-5-11-18)30(16-19-21(27)13-8-14-22(19)28)24(31)15-17-9-6-7-12-20(17)26/h6-9,12-14,18,23H,2-5,10-11,15-16H2,1H3,(H,29,32)/t23-/m0/s1. The van der Waals surface area contributed by atoms with Crippen molar-refractivity contribution in [2.45, 2.75) is 70.5 Å². The minimum atomic E-state index is -0.626. The number of rotatable bonds is 8. The lowest BCUT2D eigenvalue weighted by Gasteiger charge is -2.33. The highest BCUT2D eigenvalue weighted by molar-refractivity contribution is 6.36. The van der Waals surface area contributed by atoms with Crippen molar-refractivity contribution in [3.05, 3.63) is 68.7 Å². The van der Waals surface area contributed by atoms with Crippen molar-refractivity contribution in [3.63, 3.8) is 0 Å². The lowest BCUT2D eigenvalue weighted by molar-refractivity contribution is -0.141. The van der Waals surface area contributed by atoms with Gasteiger partial charge in [-0.05, 0) is 43.0 Å². The third-order valence-corrected chi connectivity index (χ3v) is 7.10. The molecule has 1 aliphatic carbocycles. The molecule has 172 valence electrons. The molecule has 0 spiro atoms. The predicted molar refractivity (Wildman–Crippen MR) is 131 cm³/mol. The molecule has 1 atom stereocenters. The van der Waals surface area contributed by atoms with E-state index in [0.717, 1.165) is 31.2 Å². The second-order valence-electron chi connectivity index (χ2n) is 8.26. The van der Waals surface area contributed by atoms with Crippen LogP contribution in [0.1, 0.15) is 56.6 Å². The van der Waals surface area contributed by atoms with Gasteiger partial charge in [-0.1, -0.05) is 85.3 Å². The van der Waals surface area contributed by atoms with Gasteiger partial charge < -0.3 is 10.2 Å². The highest BCUT2D eigenvalue weighted by Gasteiger charge is 2.31. The Labute approximate surface area is 205 Å². The topological polar surface area (TPSA) is 49.4 Å². The number of nitrogens with one attached hydrogen (secondary N) is 1. The van der Waals surface area contributed by atoms with Gasteiger partial charge >= 0.3 is 0 Å². The molecule has 1 fully saturated rings. The Morgan fingerprint density at radius 1 is 0.969 bits per heavy atom. The summed E-state index contributed by atoms with van der Waals surface area (Å²) in [5.74, 6) is -0.324. The van der Waals surface area contributed by atoms with E-state index in [1.165, 1.54) is 6.42 Å². The van der Waals surface area contributed by atoms with E-state index in [0.29, 0.717) is 27.1 Å². The molecule has 0 bridgehead atoms. The van der Waals surface area contributed by atoms with Crippen LogP contribution in [0.25, 0.3) is 0 Å². The van der Waals surface area contributed by atoms with E-state index in [9.17, 15) is 9.59 Å². The Bertz CT molecular complexity index is 924. The van der Waals surface area contributed by atoms with Crippen LogP contribution in [0.4, 0.5) is 0 Å². The third-order valence-electron chi connectivity index (χ3n) is 6.03. The smallest absolute Gasteiger partial charge is 0.243 e. The number of carbonyl (C=O) groups excluding carboxylic acids is 2. The molecule has 2 aromatic rings. The van der Waals surface area contributed by atoms with E-state index < -0.39 is 6.04 Å². The van der Waals surface area contributed by atoms with Crippen LogP contribution < -0.4 is 5.32 Å². The lowest BCUT2D eigenvalue weighted by Crippen LogP contribution is -2.52. The summed E-state index contributed by atoms with van der Waals surface area (Å²) in [6, 6.07) is 12.0. The van der Waals surface area contributed by atoms with Crippen LogP contribution in [0.15, 0.2) is 42.5 Å². The molecule has 3 rings (SSSR count). The molecule has 1 N–H and O–H groups in total. The molecule has 0 heterocycles. The van der Waals surface area contributed by atoms with Gasteiger partial charge in [0.05, 0.1) is 6.42 Å². The Kier molecular flexibility index (Phi) is 9.27. The van der Waals surface area contributed by atoms with Gasteiger partial charge in [-0.2, -0.15) is 0 Å². The maximum Gasteiger partial charge on any atom is 0.243 e. The van der Waals surface area contributed by atoms with Crippen molar-refractivity contribution in [2.75, 3.05) is 0 Å². The first-order valence-corrected chi connectivity index (χ1v) is 12.3. The number of amides is 2. The van der Waals surface area contributed by atoms with Gasteiger partial charge in [0.15, 0.2) is 0 Å². The molecule has 0 unspecified atom stereocenters. The fourth-order valence-electron chi connectivity index (χ4n) is 4.22. The second-order valence-corrected chi connectivity index (χ2v) is 9.48. The zero-order chi connectivity index (χ0) is 23.1. The normalized spacial score (nSPS) is 15.2. The van der Waals surface area contributed by atoms with Gasteiger partial charge in [0.1, 0.15) is 6.04 Å². The maximum absolute atomic E-state index is 13.5. The summed E-state index contributed by atoms with van der Waals surface area (Å²) in [6.07, 6.45) is 5.97. The van der Waals surface area contributed by atoms with E-state index >= 15 is 0 Å². The summed E-state index contributed by atoms with van der Waals surface area (Å²) in [5, 5.41) is 4.63. The number of nitrogens with zero attached hydrogens (tertiary/aromatic N) is 1. The zero-order valence-corrected chi connectivity index (χ0v) is 20.5. The molecule has 0 aromatic heterocycles. The molecule has 32 heavy (non-hydrogen) atoms. The average Bonchev–Trinajstić information content (AvgIpc) is 2.77. The minimum Gasteiger partial charge on any atom is -0.352 e. The van der Waals surface area contributed by atoms with Crippen molar-refractivity contribution in [2.24, 2.45) is 0 Å². The molecule has 1 saturated carbocycles. The maximum atomic E-state index is 13.5. The molecule has 1 aliphatic rings. The second kappa shape index (κ2) is 11.9. The van der Waals surface area contributed by atoms with E-state index in [1.807, 2.05) is 25.1 Å². The quantitative estimate of drug-likeness (QED) is 0.458. The van der Waals surface area contributed by atoms with Gasteiger partial charge in [0, 0.05) is 33.2 Å². The van der Waals surface area contributed by atoms with Crippen LogP contribution in [0.2, 0.25) is 15.1 Å². The van der Waals surface area contributed by atoms with Crippen molar-refractivity contribution < 1.29 is 9.59 Å². The highest BCUT2D eigenvalue weighted by Crippen LogP contribution is 2.28. The fourth-order valence-corrected chi connectivity index (χ4v) is 4.94. The molecule has 0 aliphatic heterocycles. The van der Waals surface area contributed by atoms with Crippen molar-refractivity contribution >= 4 is 46.6 Å². The van der Waals surface area contributed by atoms with E-state index in [1.54, 1.807) is 29.2 Å². The summed E-state index contributed by atoms with van der Waals surface area (Å²) in [4.78, 5) is 28.4. The number of hydrogen-bond acceptors (Lipinski definition) is 2. The molecule has 7 heteroatoms. The summed E-state index contributed by atoms with van der Waals surface area (Å²) >= 11 is 19.1. The van der Waals surface area contributed by atoms with E-state index in [-0.39, 0.29) is 30.8 Å². The molecule has 2 aromatic carbocycles. The van der Waals surface area contributed by atoms with Crippen LogP contribution in [-0.2, 0) is 22.6 Å². The largest absolute Gasteiger partial charge is 0.352 e. The first kappa shape index (κ1) is 24.9. The Morgan fingerprint density at radius 2 is 1.59 bits per heavy atom. The van der Waals surface area contributed by atoms with Crippen LogP contribution in [0, 0.1) is 0 Å². The Balaban J connectivity index is 1.87. The molecular formula is C25H29Cl3N2O2. The number of halogens is 3. The van der Waals surface area contributed by atoms with Crippen molar-refractivity contribution in [1.82, 2.24) is 10.2 Å². The Morgan fingerprint density at radius 3 is 2.22 bits per heavy atom. The third kappa shape index (κ3) is 6.40. The fraction of sp³-hybridized carbons (Fsp3) is 0.440. The predicted octanol–water partition coefficient (Wildman–Crippen LogP) is 6.45. The lowest BCUT2D eigenvalue weighted by atomic mass is 9.95. The minimum absolute atomic E-state index is 0.0922. The van der Waals surface area contributed by atoms with Gasteiger partial charge in [-0.25, -0.2) is 0 Å². The summed E-state index contributed by atoms with van der Waals surface area (Å²) < 4.78 is 0. The van der Waals surface area contributed by atoms with Gasteiger partial charge in [0.25, 0.3) is 0 Å². The van der Waals surface area contributed by atoms with Crippen LogP contribution >= 0.6 is 34.8 Å². The zero-order valence-electron chi connectivity index (χ0n) is 18.3. The van der Waals surface area contributed by atoms with Crippen LogP contribution in [0.3, 0.4) is 0 Å². The highest BCUT2D eigenvalue weighted by atomic mass is 35.5. The number of benzene rings is 2. The Hall–Kier alpha value is -1.75. The van der Waals surface area contributed by atoms with Gasteiger partial charge in [0.2, 0.25) is 11.8 Å². The summed E-state index contributed by atoms with van der Waals surface area (Å²) in [6.45, 7) is 2.06. The van der Waals surface area contributed by atoms with Gasteiger partial charge in [-0.3, -0.25) is 9.59 Å². The van der Waals surface area contributed by atoms with Gasteiger partial charge in [-0.15, -0.1) is 0 Å². The molecular weight excluding hydrogens is 467 g/mol. The van der Waals surface area contributed by atoms with Crippen molar-refractivity contribution in [1.29, 1.82) is 0 Å². The van der Waals surface area contributed by atoms with E-state index in [2.05, 4.69) is 5.32 Å². The first-order chi connectivity index (χ1) is 15.4. The SMILES string of the molecule is CC[C@@H](C(=O)NC1CCCCC1)N(Cc1c(Cl)cccc1Cl)C(=O)Cc1ccccc1Cl. The van der Waals surface area contributed by atoms with E-state index in [4.69, 9.17) is 34.8 Å². The molecule has 0 saturated heterocycles. The summed E-state index contributed by atoms with van der Waals surface area (Å²) in [5.41, 5.74) is 1.35.